The zero-order chi connectivity index (χ0) is 13.6. The van der Waals surface area contributed by atoms with Crippen LogP contribution in [0.4, 0.5) is 0 Å². The van der Waals surface area contributed by atoms with Crippen molar-refractivity contribution >= 4 is 0 Å². The summed E-state index contributed by atoms with van der Waals surface area (Å²) in [6, 6.07) is 0. The Bertz CT molecular complexity index is 148. The van der Waals surface area contributed by atoms with Crippen LogP contribution >= 0.6 is 0 Å². The Kier molecular flexibility index (Phi) is 13.4. The van der Waals surface area contributed by atoms with E-state index in [1.165, 1.54) is 77.0 Å². The minimum atomic E-state index is 0.883. The van der Waals surface area contributed by atoms with Crippen molar-refractivity contribution in [3.63, 3.8) is 0 Å². The second-order valence-electron chi connectivity index (χ2n) is 6.38. The molecule has 18 heavy (non-hydrogen) atoms. The van der Waals surface area contributed by atoms with Gasteiger partial charge in [0, 0.05) is 0 Å². The van der Waals surface area contributed by atoms with E-state index in [1.807, 2.05) is 0 Å². The lowest BCUT2D eigenvalue weighted by Crippen LogP contribution is -2.06. The molecule has 0 saturated carbocycles. The Balaban J connectivity index is 3.15. The van der Waals surface area contributed by atoms with Crippen LogP contribution in [0, 0.1) is 11.8 Å². The molecule has 0 amide bonds. The predicted molar refractivity (Wildman–Crippen MR) is 85.1 cm³/mol. The highest BCUT2D eigenvalue weighted by Gasteiger charge is 2.09. The standard InChI is InChI=1S/C18H38/c1-5-7-8-9-10-11-12-13-14-15-16-18(6-2)17(3)4/h17-18H,5-16H2,1-4H3. The van der Waals surface area contributed by atoms with E-state index in [4.69, 9.17) is 0 Å². The van der Waals surface area contributed by atoms with Gasteiger partial charge in [-0.1, -0.05) is 105 Å². The molecular weight excluding hydrogens is 216 g/mol. The van der Waals surface area contributed by atoms with Gasteiger partial charge in [0.05, 0.1) is 0 Å². The molecule has 0 radical (unpaired) electrons. The van der Waals surface area contributed by atoms with Crippen LogP contribution in [0.25, 0.3) is 0 Å². The van der Waals surface area contributed by atoms with Gasteiger partial charge in [0.15, 0.2) is 0 Å². The highest BCUT2D eigenvalue weighted by molar-refractivity contribution is 4.61. The minimum Gasteiger partial charge on any atom is -0.0654 e. The quantitative estimate of drug-likeness (QED) is 0.311. The Morgan fingerprint density at radius 2 is 1.06 bits per heavy atom. The summed E-state index contributed by atoms with van der Waals surface area (Å²) in [7, 11) is 0. The molecule has 1 unspecified atom stereocenters. The van der Waals surface area contributed by atoms with Gasteiger partial charge < -0.3 is 0 Å². The third-order valence-electron chi connectivity index (χ3n) is 4.40. The average Bonchev–Trinajstić information content (AvgIpc) is 2.35. The van der Waals surface area contributed by atoms with Crippen molar-refractivity contribution in [2.45, 2.75) is 105 Å². The van der Waals surface area contributed by atoms with Crippen molar-refractivity contribution in [2.75, 3.05) is 0 Å². The topological polar surface area (TPSA) is 0 Å². The fourth-order valence-electron chi connectivity index (χ4n) is 2.90. The van der Waals surface area contributed by atoms with Crippen LogP contribution in [0.1, 0.15) is 105 Å². The van der Waals surface area contributed by atoms with E-state index in [2.05, 4.69) is 27.7 Å². The minimum absolute atomic E-state index is 0.883. The Morgan fingerprint density at radius 1 is 0.611 bits per heavy atom. The summed E-state index contributed by atoms with van der Waals surface area (Å²) < 4.78 is 0. The van der Waals surface area contributed by atoms with E-state index in [9.17, 15) is 0 Å². The Morgan fingerprint density at radius 3 is 1.44 bits per heavy atom. The molecule has 110 valence electrons. The molecule has 0 fully saturated rings. The molecule has 0 heterocycles. The summed E-state index contributed by atoms with van der Waals surface area (Å²) in [6.07, 6.45) is 17.4. The van der Waals surface area contributed by atoms with Gasteiger partial charge in [-0.3, -0.25) is 0 Å². The van der Waals surface area contributed by atoms with E-state index in [-0.39, 0.29) is 0 Å². The van der Waals surface area contributed by atoms with Crippen molar-refractivity contribution in [1.29, 1.82) is 0 Å². The molecule has 0 saturated heterocycles. The van der Waals surface area contributed by atoms with Gasteiger partial charge in [0.2, 0.25) is 0 Å². The lowest BCUT2D eigenvalue weighted by molar-refractivity contribution is 0.335. The Labute approximate surface area is 117 Å². The van der Waals surface area contributed by atoms with Crippen molar-refractivity contribution in [1.82, 2.24) is 0 Å². The van der Waals surface area contributed by atoms with Gasteiger partial charge in [-0.05, 0) is 11.8 Å². The molecule has 0 heteroatoms. The summed E-state index contributed by atoms with van der Waals surface area (Å²) in [5, 5.41) is 0. The van der Waals surface area contributed by atoms with Crippen LogP contribution in [0.2, 0.25) is 0 Å². The van der Waals surface area contributed by atoms with Crippen molar-refractivity contribution in [2.24, 2.45) is 11.8 Å². The van der Waals surface area contributed by atoms with E-state index in [0.29, 0.717) is 0 Å². The first-order valence-corrected chi connectivity index (χ1v) is 8.72. The molecule has 0 aromatic rings. The number of hydrogen-bond acceptors (Lipinski definition) is 0. The van der Waals surface area contributed by atoms with Gasteiger partial charge in [-0.2, -0.15) is 0 Å². The molecule has 0 bridgehead atoms. The highest BCUT2D eigenvalue weighted by atomic mass is 14.2. The van der Waals surface area contributed by atoms with E-state index < -0.39 is 0 Å². The van der Waals surface area contributed by atoms with Crippen LogP contribution in [0.15, 0.2) is 0 Å². The molecule has 0 aliphatic carbocycles. The summed E-state index contributed by atoms with van der Waals surface area (Å²) in [5.41, 5.74) is 0. The zero-order valence-electron chi connectivity index (χ0n) is 13.6. The smallest absolute Gasteiger partial charge is 0.0394 e. The predicted octanol–water partition coefficient (Wildman–Crippen LogP) is 6.98. The molecule has 0 aliphatic heterocycles. The summed E-state index contributed by atoms with van der Waals surface area (Å²) in [4.78, 5) is 0. The first-order valence-electron chi connectivity index (χ1n) is 8.72. The number of rotatable bonds is 13. The largest absolute Gasteiger partial charge is 0.0654 e. The lowest BCUT2D eigenvalue weighted by Gasteiger charge is -2.18. The third-order valence-corrected chi connectivity index (χ3v) is 4.40. The van der Waals surface area contributed by atoms with Gasteiger partial charge in [-0.25, -0.2) is 0 Å². The van der Waals surface area contributed by atoms with Crippen molar-refractivity contribution in [3.8, 4) is 0 Å². The fourth-order valence-corrected chi connectivity index (χ4v) is 2.90. The van der Waals surface area contributed by atoms with Crippen LogP contribution in [-0.4, -0.2) is 0 Å². The van der Waals surface area contributed by atoms with E-state index in [1.54, 1.807) is 0 Å². The maximum atomic E-state index is 2.38. The monoisotopic (exact) mass is 254 g/mol. The number of unbranched alkanes of at least 4 members (excludes halogenated alkanes) is 9. The van der Waals surface area contributed by atoms with Crippen LogP contribution in [-0.2, 0) is 0 Å². The van der Waals surface area contributed by atoms with Gasteiger partial charge in [-0.15, -0.1) is 0 Å². The second-order valence-corrected chi connectivity index (χ2v) is 6.38. The van der Waals surface area contributed by atoms with Crippen molar-refractivity contribution < 1.29 is 0 Å². The molecule has 0 aliphatic rings. The van der Waals surface area contributed by atoms with Gasteiger partial charge >= 0.3 is 0 Å². The molecule has 0 spiro atoms. The zero-order valence-corrected chi connectivity index (χ0v) is 13.6. The van der Waals surface area contributed by atoms with Crippen molar-refractivity contribution in [3.05, 3.63) is 0 Å². The first-order chi connectivity index (χ1) is 8.72. The maximum absolute atomic E-state index is 2.38. The molecule has 0 rings (SSSR count). The summed E-state index contributed by atoms with van der Waals surface area (Å²) in [5.74, 6) is 1.85. The van der Waals surface area contributed by atoms with E-state index in [0.717, 1.165) is 11.8 Å². The fraction of sp³-hybridized carbons (Fsp3) is 1.00. The Hall–Kier alpha value is 0. The molecule has 0 aromatic carbocycles. The normalized spacial score (nSPS) is 13.2. The number of hydrogen-bond donors (Lipinski definition) is 0. The molecule has 0 nitrogen and oxygen atoms in total. The highest BCUT2D eigenvalue weighted by Crippen LogP contribution is 2.22. The molecule has 1 atom stereocenters. The van der Waals surface area contributed by atoms with Crippen LogP contribution in [0.3, 0.4) is 0 Å². The average molecular weight is 255 g/mol. The van der Waals surface area contributed by atoms with Crippen LogP contribution in [0.5, 0.6) is 0 Å². The lowest BCUT2D eigenvalue weighted by atomic mass is 9.88. The van der Waals surface area contributed by atoms with E-state index >= 15 is 0 Å². The SMILES string of the molecule is CCCCCCCCCCCCC(CC)C(C)C. The van der Waals surface area contributed by atoms with Gasteiger partial charge in [0.25, 0.3) is 0 Å². The van der Waals surface area contributed by atoms with Crippen LogP contribution < -0.4 is 0 Å². The first kappa shape index (κ1) is 18.0. The summed E-state index contributed by atoms with van der Waals surface area (Å²) >= 11 is 0. The molecule has 0 aromatic heterocycles. The molecular formula is C18H38. The summed E-state index contributed by atoms with van der Waals surface area (Å²) in [6.45, 7) is 9.40. The maximum Gasteiger partial charge on any atom is -0.0394 e. The van der Waals surface area contributed by atoms with Gasteiger partial charge in [0.1, 0.15) is 0 Å². The molecule has 0 N–H and O–H groups in total. The third kappa shape index (κ3) is 11.1. The second kappa shape index (κ2) is 13.4.